The third kappa shape index (κ3) is 1.54. The van der Waals surface area contributed by atoms with Crippen molar-refractivity contribution in [2.45, 2.75) is 25.4 Å². The lowest BCUT2D eigenvalue weighted by Gasteiger charge is -1.97. The van der Waals surface area contributed by atoms with Crippen molar-refractivity contribution in [1.29, 1.82) is 0 Å². The van der Waals surface area contributed by atoms with E-state index in [0.29, 0.717) is 5.52 Å². The molecule has 1 N–H and O–H groups in total. The van der Waals surface area contributed by atoms with Gasteiger partial charge >= 0.3 is 11.7 Å². The lowest BCUT2D eigenvalue weighted by atomic mass is 10.3. The van der Waals surface area contributed by atoms with Crippen molar-refractivity contribution in [2.75, 3.05) is 0 Å². The minimum Gasteiger partial charge on any atom is -0.480 e. The molecule has 0 aliphatic heterocycles. The van der Waals surface area contributed by atoms with Gasteiger partial charge in [0.25, 0.3) is 0 Å². The Balaban J connectivity index is 2.30. The highest BCUT2D eigenvalue weighted by Gasteiger charge is 2.28. The van der Waals surface area contributed by atoms with E-state index >= 15 is 0 Å². The summed E-state index contributed by atoms with van der Waals surface area (Å²) in [7, 11) is 0. The first kappa shape index (κ1) is 10.1. The standard InChI is InChI=1S/C12H12N2O3/c15-11(16)7-13-9-3-1-2-4-10(9)14(12(13)17)8-5-6-8/h1-4,8H,5-7H2,(H,15,16). The van der Waals surface area contributed by atoms with E-state index in [1.54, 1.807) is 10.6 Å². The van der Waals surface area contributed by atoms with Crippen LogP contribution in [0.5, 0.6) is 0 Å². The number of carbonyl (C=O) groups is 1. The van der Waals surface area contributed by atoms with Crippen LogP contribution >= 0.6 is 0 Å². The number of nitrogens with zero attached hydrogens (tertiary/aromatic N) is 2. The molecule has 0 radical (unpaired) electrons. The zero-order chi connectivity index (χ0) is 12.0. The number of hydrogen-bond acceptors (Lipinski definition) is 2. The van der Waals surface area contributed by atoms with Crippen molar-refractivity contribution in [2.24, 2.45) is 0 Å². The molecule has 0 spiro atoms. The predicted molar refractivity (Wildman–Crippen MR) is 62.1 cm³/mol. The molecule has 0 saturated heterocycles. The van der Waals surface area contributed by atoms with E-state index in [2.05, 4.69) is 0 Å². The number of benzene rings is 1. The second-order valence-corrected chi connectivity index (χ2v) is 4.35. The maximum Gasteiger partial charge on any atom is 0.329 e. The van der Waals surface area contributed by atoms with E-state index in [-0.39, 0.29) is 18.3 Å². The number of aliphatic carboxylic acids is 1. The normalized spacial score (nSPS) is 15.3. The van der Waals surface area contributed by atoms with Gasteiger partial charge in [0.1, 0.15) is 6.54 Å². The van der Waals surface area contributed by atoms with E-state index in [1.807, 2.05) is 18.2 Å². The third-order valence-electron chi connectivity index (χ3n) is 3.07. The Labute approximate surface area is 96.9 Å². The van der Waals surface area contributed by atoms with Crippen molar-refractivity contribution in [3.63, 3.8) is 0 Å². The van der Waals surface area contributed by atoms with Gasteiger partial charge in [-0.1, -0.05) is 12.1 Å². The van der Waals surface area contributed by atoms with Crippen LogP contribution in [-0.2, 0) is 11.3 Å². The van der Waals surface area contributed by atoms with E-state index in [9.17, 15) is 9.59 Å². The molecule has 5 nitrogen and oxygen atoms in total. The number of fused-ring (bicyclic) bond motifs is 1. The highest BCUT2D eigenvalue weighted by molar-refractivity contribution is 5.78. The summed E-state index contributed by atoms with van der Waals surface area (Å²) < 4.78 is 3.05. The number of rotatable bonds is 3. The van der Waals surface area contributed by atoms with Crippen molar-refractivity contribution in [1.82, 2.24) is 9.13 Å². The first-order valence-corrected chi connectivity index (χ1v) is 5.60. The molecule has 1 aliphatic rings. The summed E-state index contributed by atoms with van der Waals surface area (Å²) in [5.74, 6) is -0.995. The van der Waals surface area contributed by atoms with Crippen LogP contribution in [0.1, 0.15) is 18.9 Å². The van der Waals surface area contributed by atoms with E-state index in [4.69, 9.17) is 5.11 Å². The highest BCUT2D eigenvalue weighted by Crippen LogP contribution is 2.35. The lowest BCUT2D eigenvalue weighted by molar-refractivity contribution is -0.137. The first-order valence-electron chi connectivity index (χ1n) is 5.60. The predicted octanol–water partition coefficient (Wildman–Crippen LogP) is 1.22. The quantitative estimate of drug-likeness (QED) is 0.865. The summed E-state index contributed by atoms with van der Waals surface area (Å²) in [5.41, 5.74) is 1.32. The zero-order valence-electron chi connectivity index (χ0n) is 9.17. The average molecular weight is 232 g/mol. The average Bonchev–Trinajstić information content (AvgIpc) is 3.08. The fourth-order valence-corrected chi connectivity index (χ4v) is 2.21. The summed E-state index contributed by atoms with van der Waals surface area (Å²) >= 11 is 0. The number of para-hydroxylation sites is 2. The molecule has 1 heterocycles. The number of carboxylic acid groups (broad SMARTS) is 1. The molecule has 3 rings (SSSR count). The summed E-state index contributed by atoms with van der Waals surface area (Å²) in [5, 5.41) is 8.85. The third-order valence-corrected chi connectivity index (χ3v) is 3.07. The Bertz CT molecular complexity index is 649. The van der Waals surface area contributed by atoms with Gasteiger partial charge in [-0.05, 0) is 25.0 Å². The Hall–Kier alpha value is -2.04. The molecule has 1 aliphatic carbocycles. The molecule has 0 amide bonds. The molecule has 1 aromatic heterocycles. The molecule has 2 aromatic rings. The van der Waals surface area contributed by atoms with Crippen LogP contribution in [0.2, 0.25) is 0 Å². The molecule has 17 heavy (non-hydrogen) atoms. The van der Waals surface area contributed by atoms with Crippen molar-refractivity contribution >= 4 is 17.0 Å². The highest BCUT2D eigenvalue weighted by atomic mass is 16.4. The molecule has 1 fully saturated rings. The van der Waals surface area contributed by atoms with Gasteiger partial charge in [-0.15, -0.1) is 0 Å². The van der Waals surface area contributed by atoms with Gasteiger partial charge < -0.3 is 5.11 Å². The van der Waals surface area contributed by atoms with Crippen LogP contribution in [0.3, 0.4) is 0 Å². The molecule has 88 valence electrons. The molecule has 0 bridgehead atoms. The van der Waals surface area contributed by atoms with Gasteiger partial charge in [-0.2, -0.15) is 0 Å². The molecule has 1 aromatic carbocycles. The summed E-state index contributed by atoms with van der Waals surface area (Å²) in [4.78, 5) is 23.0. The number of imidazole rings is 1. The minimum atomic E-state index is -0.995. The first-order chi connectivity index (χ1) is 8.18. The fraction of sp³-hybridized carbons (Fsp3) is 0.333. The van der Waals surface area contributed by atoms with Crippen LogP contribution in [-0.4, -0.2) is 20.2 Å². The summed E-state index contributed by atoms with van der Waals surface area (Å²) in [6.07, 6.45) is 2.00. The lowest BCUT2D eigenvalue weighted by Crippen LogP contribution is -2.26. The van der Waals surface area contributed by atoms with Crippen LogP contribution in [0.25, 0.3) is 11.0 Å². The Kier molecular flexibility index (Phi) is 2.07. The minimum absolute atomic E-state index is 0.212. The topological polar surface area (TPSA) is 64.2 Å². The Morgan fingerprint density at radius 1 is 1.29 bits per heavy atom. The van der Waals surface area contributed by atoms with Crippen molar-refractivity contribution < 1.29 is 9.90 Å². The molecule has 5 heteroatoms. The van der Waals surface area contributed by atoms with Crippen molar-refractivity contribution in [3.05, 3.63) is 34.7 Å². The number of aromatic nitrogens is 2. The van der Waals surface area contributed by atoms with E-state index < -0.39 is 5.97 Å². The van der Waals surface area contributed by atoms with Crippen LogP contribution < -0.4 is 5.69 Å². The second-order valence-electron chi connectivity index (χ2n) is 4.35. The van der Waals surface area contributed by atoms with Gasteiger partial charge in [0.15, 0.2) is 0 Å². The molecule has 1 saturated carbocycles. The summed E-state index contributed by atoms with van der Waals surface area (Å²) in [6.45, 7) is -0.279. The molecule has 0 unspecified atom stereocenters. The van der Waals surface area contributed by atoms with Gasteiger partial charge in [-0.25, -0.2) is 4.79 Å². The molecular formula is C12H12N2O3. The smallest absolute Gasteiger partial charge is 0.329 e. The number of hydrogen-bond donors (Lipinski definition) is 1. The maximum atomic E-state index is 12.2. The van der Waals surface area contributed by atoms with Crippen LogP contribution in [0.15, 0.2) is 29.1 Å². The molecule has 0 atom stereocenters. The largest absolute Gasteiger partial charge is 0.480 e. The number of carboxylic acids is 1. The Morgan fingerprint density at radius 3 is 2.53 bits per heavy atom. The van der Waals surface area contributed by atoms with Gasteiger partial charge in [0, 0.05) is 6.04 Å². The van der Waals surface area contributed by atoms with Gasteiger partial charge in [-0.3, -0.25) is 13.9 Å². The van der Waals surface area contributed by atoms with Crippen LogP contribution in [0, 0.1) is 0 Å². The summed E-state index contributed by atoms with van der Waals surface area (Å²) in [6, 6.07) is 7.59. The molecular weight excluding hydrogens is 220 g/mol. The SMILES string of the molecule is O=C(O)Cn1c(=O)n(C2CC2)c2ccccc21. The van der Waals surface area contributed by atoms with Crippen molar-refractivity contribution in [3.8, 4) is 0 Å². The van der Waals surface area contributed by atoms with E-state index in [1.165, 1.54) is 4.57 Å². The van der Waals surface area contributed by atoms with Crippen LogP contribution in [0.4, 0.5) is 0 Å². The Morgan fingerprint density at radius 2 is 1.94 bits per heavy atom. The monoisotopic (exact) mass is 232 g/mol. The van der Waals surface area contributed by atoms with Gasteiger partial charge in [0.2, 0.25) is 0 Å². The zero-order valence-corrected chi connectivity index (χ0v) is 9.17. The fourth-order valence-electron chi connectivity index (χ4n) is 2.21. The van der Waals surface area contributed by atoms with E-state index in [0.717, 1.165) is 18.4 Å². The second kappa shape index (κ2) is 3.48. The van der Waals surface area contributed by atoms with Gasteiger partial charge in [0.05, 0.1) is 11.0 Å². The maximum absolute atomic E-state index is 12.2.